The Bertz CT molecular complexity index is 812. The summed E-state index contributed by atoms with van der Waals surface area (Å²) in [4.78, 5) is 27.8. The van der Waals surface area contributed by atoms with Crippen LogP contribution < -0.4 is 15.1 Å². The third-order valence-corrected chi connectivity index (χ3v) is 5.24. The lowest BCUT2D eigenvalue weighted by Crippen LogP contribution is -2.50. The first-order chi connectivity index (χ1) is 14.3. The number of halogens is 2. The molecule has 0 bridgehead atoms. The van der Waals surface area contributed by atoms with Gasteiger partial charge in [0.05, 0.1) is 25.9 Å². The summed E-state index contributed by atoms with van der Waals surface area (Å²) in [5, 5.41) is 11.8. The minimum absolute atomic E-state index is 0.0460. The maximum atomic E-state index is 14.8. The van der Waals surface area contributed by atoms with E-state index >= 15 is 0 Å². The van der Waals surface area contributed by atoms with E-state index in [2.05, 4.69) is 5.32 Å². The molecule has 2 fully saturated rings. The fourth-order valence-electron chi connectivity index (χ4n) is 3.40. The SMILES string of the molecule is COC(=S)NC[C@H]1CN(c2cc(F)c(N3CCN(C(=O)CO)CC3)c(F)c2)C(=O)O1. The summed E-state index contributed by atoms with van der Waals surface area (Å²) in [6.45, 7) is 0.632. The minimum Gasteiger partial charge on any atom is -0.474 e. The van der Waals surface area contributed by atoms with E-state index in [9.17, 15) is 18.4 Å². The van der Waals surface area contributed by atoms with Crippen molar-refractivity contribution >= 4 is 40.8 Å². The van der Waals surface area contributed by atoms with Crippen molar-refractivity contribution in [1.82, 2.24) is 10.2 Å². The number of nitrogens with zero attached hydrogens (tertiary/aromatic N) is 3. The van der Waals surface area contributed by atoms with Gasteiger partial charge in [0.2, 0.25) is 5.91 Å². The largest absolute Gasteiger partial charge is 0.474 e. The zero-order valence-corrected chi connectivity index (χ0v) is 17.1. The Hall–Kier alpha value is -2.73. The molecule has 2 saturated heterocycles. The average molecular weight is 444 g/mol. The maximum Gasteiger partial charge on any atom is 0.414 e. The Morgan fingerprint density at radius 1 is 1.30 bits per heavy atom. The molecule has 0 spiro atoms. The molecule has 0 aromatic heterocycles. The van der Waals surface area contributed by atoms with Crippen molar-refractivity contribution in [3.05, 3.63) is 23.8 Å². The summed E-state index contributed by atoms with van der Waals surface area (Å²) in [7, 11) is 1.40. The highest BCUT2D eigenvalue weighted by Crippen LogP contribution is 2.31. The third-order valence-electron chi connectivity index (χ3n) is 4.93. The number of thiocarbonyl (C=S) groups is 1. The smallest absolute Gasteiger partial charge is 0.414 e. The molecule has 1 aromatic carbocycles. The van der Waals surface area contributed by atoms with Gasteiger partial charge in [-0.05, 0) is 12.2 Å². The first-order valence-corrected chi connectivity index (χ1v) is 9.67. The minimum atomic E-state index is -0.818. The third kappa shape index (κ3) is 4.70. The fourth-order valence-corrected chi connectivity index (χ4v) is 3.48. The molecule has 1 atom stereocenters. The van der Waals surface area contributed by atoms with Gasteiger partial charge in [0, 0.05) is 38.3 Å². The van der Waals surface area contributed by atoms with Crippen LogP contribution in [-0.4, -0.2) is 86.3 Å². The molecule has 2 heterocycles. The van der Waals surface area contributed by atoms with Gasteiger partial charge in [-0.1, -0.05) is 0 Å². The number of hydrogen-bond donors (Lipinski definition) is 2. The second-order valence-corrected chi connectivity index (χ2v) is 7.14. The Kier molecular flexibility index (Phi) is 6.87. The Morgan fingerprint density at radius 3 is 2.50 bits per heavy atom. The van der Waals surface area contributed by atoms with Crippen LogP contribution in [0.25, 0.3) is 0 Å². The highest BCUT2D eigenvalue weighted by Gasteiger charge is 2.34. The monoisotopic (exact) mass is 444 g/mol. The number of anilines is 2. The lowest BCUT2D eigenvalue weighted by molar-refractivity contribution is -0.134. The predicted molar refractivity (Wildman–Crippen MR) is 107 cm³/mol. The van der Waals surface area contributed by atoms with Crippen LogP contribution in [0.15, 0.2) is 12.1 Å². The number of cyclic esters (lactones) is 1. The van der Waals surface area contributed by atoms with Gasteiger partial charge in [0.15, 0.2) is 11.6 Å². The van der Waals surface area contributed by atoms with Crippen molar-refractivity contribution in [2.75, 3.05) is 62.8 Å². The normalized spacial score (nSPS) is 19.0. The second-order valence-electron chi connectivity index (χ2n) is 6.77. The number of benzene rings is 1. The number of aliphatic hydroxyl groups excluding tert-OH is 1. The highest BCUT2D eigenvalue weighted by atomic mass is 32.1. The molecule has 164 valence electrons. The predicted octanol–water partition coefficient (Wildman–Crippen LogP) is 0.452. The topological polar surface area (TPSA) is 94.6 Å². The lowest BCUT2D eigenvalue weighted by Gasteiger charge is -2.36. The van der Waals surface area contributed by atoms with Crippen LogP contribution in [0.5, 0.6) is 0 Å². The zero-order valence-electron chi connectivity index (χ0n) is 16.3. The molecule has 30 heavy (non-hydrogen) atoms. The van der Waals surface area contributed by atoms with Gasteiger partial charge in [-0.3, -0.25) is 9.69 Å². The van der Waals surface area contributed by atoms with E-state index in [-0.39, 0.29) is 55.8 Å². The number of rotatable bonds is 5. The van der Waals surface area contributed by atoms with E-state index in [1.165, 1.54) is 16.9 Å². The van der Waals surface area contributed by atoms with Gasteiger partial charge >= 0.3 is 6.09 Å². The summed E-state index contributed by atoms with van der Waals surface area (Å²) in [5.74, 6) is -2.06. The van der Waals surface area contributed by atoms with Gasteiger partial charge in [0.1, 0.15) is 18.4 Å². The van der Waals surface area contributed by atoms with Crippen LogP contribution in [0.3, 0.4) is 0 Å². The van der Waals surface area contributed by atoms with E-state index in [4.69, 9.17) is 26.8 Å². The number of amides is 2. The van der Waals surface area contributed by atoms with Crippen molar-refractivity contribution in [2.24, 2.45) is 0 Å². The van der Waals surface area contributed by atoms with E-state index in [0.717, 1.165) is 17.0 Å². The average Bonchev–Trinajstić information content (AvgIpc) is 3.11. The molecule has 0 saturated carbocycles. The second kappa shape index (κ2) is 9.39. The van der Waals surface area contributed by atoms with Gasteiger partial charge in [0.25, 0.3) is 5.17 Å². The molecule has 2 aliphatic heterocycles. The van der Waals surface area contributed by atoms with Gasteiger partial charge in [-0.25, -0.2) is 13.6 Å². The maximum absolute atomic E-state index is 14.8. The summed E-state index contributed by atoms with van der Waals surface area (Å²) < 4.78 is 39.5. The Morgan fingerprint density at radius 2 is 1.93 bits per heavy atom. The first kappa shape index (κ1) is 22.0. The summed E-state index contributed by atoms with van der Waals surface area (Å²) in [6.07, 6.45) is -1.28. The van der Waals surface area contributed by atoms with Gasteiger partial charge in [-0.15, -0.1) is 0 Å². The number of nitrogens with one attached hydrogen (secondary N) is 1. The zero-order chi connectivity index (χ0) is 21.8. The van der Waals surface area contributed by atoms with Crippen molar-refractivity contribution in [3.8, 4) is 0 Å². The standard InChI is InChI=1S/C18H22F2N4O5S/c1-28-17(30)21-8-12-9-24(18(27)29-12)11-6-13(19)16(14(20)7-11)23-4-2-22(3-5-23)15(26)10-25/h6-7,12,25H,2-5,8-10H2,1H3,(H,21,30)/t12-/m0/s1. The summed E-state index contributed by atoms with van der Waals surface area (Å²) in [6, 6.07) is 2.17. The van der Waals surface area contributed by atoms with Crippen LogP contribution in [0.4, 0.5) is 25.0 Å². The summed E-state index contributed by atoms with van der Waals surface area (Å²) in [5.41, 5.74) is -0.171. The van der Waals surface area contributed by atoms with E-state index in [0.29, 0.717) is 0 Å². The number of piperazine rings is 1. The molecule has 12 heteroatoms. The molecular weight excluding hydrogens is 422 g/mol. The number of carbonyl (C=O) groups excluding carboxylic acids is 2. The molecule has 2 amide bonds. The molecule has 2 N–H and O–H groups in total. The van der Waals surface area contributed by atoms with E-state index < -0.39 is 36.3 Å². The van der Waals surface area contributed by atoms with Crippen LogP contribution in [-0.2, 0) is 14.3 Å². The quantitative estimate of drug-likeness (QED) is 0.633. The Balaban J connectivity index is 1.68. The van der Waals surface area contributed by atoms with E-state index in [1.54, 1.807) is 0 Å². The van der Waals surface area contributed by atoms with E-state index in [1.807, 2.05) is 0 Å². The molecule has 0 radical (unpaired) electrons. The molecule has 1 aromatic rings. The number of carbonyl (C=O) groups is 2. The number of hydrogen-bond acceptors (Lipinski definition) is 7. The first-order valence-electron chi connectivity index (χ1n) is 9.26. The molecule has 2 aliphatic rings. The molecule has 9 nitrogen and oxygen atoms in total. The fraction of sp³-hybridized carbons (Fsp3) is 0.500. The Labute approximate surface area is 177 Å². The van der Waals surface area contributed by atoms with Crippen molar-refractivity contribution in [3.63, 3.8) is 0 Å². The summed E-state index contributed by atoms with van der Waals surface area (Å²) >= 11 is 4.86. The molecule has 0 aliphatic carbocycles. The van der Waals surface area contributed by atoms with Crippen molar-refractivity contribution in [2.45, 2.75) is 6.10 Å². The highest BCUT2D eigenvalue weighted by molar-refractivity contribution is 7.80. The lowest BCUT2D eigenvalue weighted by atomic mass is 10.2. The van der Waals surface area contributed by atoms with Crippen LogP contribution >= 0.6 is 12.2 Å². The molecular formula is C18H22F2N4O5S. The van der Waals surface area contributed by atoms with Gasteiger partial charge in [-0.2, -0.15) is 0 Å². The van der Waals surface area contributed by atoms with Gasteiger partial charge < -0.3 is 29.7 Å². The number of ether oxygens (including phenoxy) is 2. The van der Waals surface area contributed by atoms with Crippen molar-refractivity contribution < 1.29 is 33.0 Å². The van der Waals surface area contributed by atoms with Crippen LogP contribution in [0, 0.1) is 11.6 Å². The van der Waals surface area contributed by atoms with Crippen LogP contribution in [0.1, 0.15) is 0 Å². The van der Waals surface area contributed by atoms with Crippen molar-refractivity contribution in [1.29, 1.82) is 0 Å². The number of methoxy groups -OCH3 is 1. The van der Waals surface area contributed by atoms with Crippen LogP contribution in [0.2, 0.25) is 0 Å². The molecule has 3 rings (SSSR count). The molecule has 0 unspecified atom stereocenters. The number of aliphatic hydroxyl groups is 1.